The fourth-order valence-corrected chi connectivity index (χ4v) is 6.34. The van der Waals surface area contributed by atoms with Gasteiger partial charge in [0.05, 0.1) is 11.6 Å². The fraction of sp³-hybridized carbons (Fsp3) is 0.267. The zero-order valence-electron chi connectivity index (χ0n) is 19.7. The molecule has 1 fully saturated rings. The number of benzene rings is 3. The van der Waals surface area contributed by atoms with Crippen LogP contribution in [-0.4, -0.2) is 39.5 Å². The Morgan fingerprint density at radius 3 is 2.49 bits per heavy atom. The third-order valence-electron chi connectivity index (χ3n) is 7.93. The van der Waals surface area contributed by atoms with Crippen LogP contribution < -0.4 is 0 Å². The molecule has 5 nitrogen and oxygen atoms in total. The number of hydrogen-bond acceptors (Lipinski definition) is 3. The van der Waals surface area contributed by atoms with Gasteiger partial charge >= 0.3 is 6.09 Å². The van der Waals surface area contributed by atoms with Gasteiger partial charge in [-0.2, -0.15) is 5.10 Å². The lowest BCUT2D eigenvalue weighted by Gasteiger charge is -2.33. The number of aryl methyl sites for hydroxylation is 1. The second kappa shape index (κ2) is 7.84. The first-order valence-corrected chi connectivity index (χ1v) is 12.4. The van der Waals surface area contributed by atoms with Crippen molar-refractivity contribution in [1.82, 2.24) is 14.7 Å². The quantitative estimate of drug-likeness (QED) is 0.368. The van der Waals surface area contributed by atoms with Crippen molar-refractivity contribution in [2.45, 2.75) is 37.3 Å². The highest BCUT2D eigenvalue weighted by Gasteiger charge is 2.41. The fourth-order valence-electron chi connectivity index (χ4n) is 6.34. The van der Waals surface area contributed by atoms with E-state index in [-0.39, 0.29) is 24.1 Å². The molecule has 1 aromatic heterocycles. The summed E-state index contributed by atoms with van der Waals surface area (Å²) in [6.45, 7) is 0.371. The van der Waals surface area contributed by atoms with Crippen LogP contribution in [0.3, 0.4) is 0 Å². The minimum absolute atomic E-state index is 0.0880. The van der Waals surface area contributed by atoms with Crippen LogP contribution in [0.2, 0.25) is 0 Å². The average molecular weight is 462 g/mol. The number of hydrogen-bond donors (Lipinski definition) is 0. The van der Waals surface area contributed by atoms with Crippen LogP contribution in [0, 0.1) is 0 Å². The third-order valence-corrected chi connectivity index (χ3v) is 7.93. The van der Waals surface area contributed by atoms with Crippen LogP contribution in [0.1, 0.15) is 41.9 Å². The molecule has 2 atom stereocenters. The van der Waals surface area contributed by atoms with E-state index >= 15 is 0 Å². The van der Waals surface area contributed by atoms with E-state index in [9.17, 15) is 4.79 Å². The molecule has 0 spiro atoms. The number of aromatic nitrogens is 2. The molecule has 0 saturated carbocycles. The maximum Gasteiger partial charge on any atom is 0.410 e. The topological polar surface area (TPSA) is 47.4 Å². The van der Waals surface area contributed by atoms with Crippen LogP contribution >= 0.6 is 0 Å². The molecule has 2 bridgehead atoms. The van der Waals surface area contributed by atoms with Gasteiger partial charge in [0.1, 0.15) is 6.61 Å². The predicted octanol–water partition coefficient (Wildman–Crippen LogP) is 6.14. The second-order valence-electron chi connectivity index (χ2n) is 9.98. The SMILES string of the molecule is Cn1cc2ccc(C3=CC4CCC(C3)N4C(=O)OCC3c4ccccc4-c4ccccc43)cc2n1. The summed E-state index contributed by atoms with van der Waals surface area (Å²) in [5.41, 5.74) is 8.52. The van der Waals surface area contributed by atoms with E-state index in [4.69, 9.17) is 4.74 Å². The van der Waals surface area contributed by atoms with E-state index in [2.05, 4.69) is 77.9 Å². The van der Waals surface area contributed by atoms with Crippen molar-refractivity contribution >= 4 is 22.6 Å². The molecule has 3 aromatic carbocycles. The van der Waals surface area contributed by atoms with E-state index in [1.54, 1.807) is 0 Å². The molecule has 4 aromatic rings. The predicted molar refractivity (Wildman–Crippen MR) is 137 cm³/mol. The second-order valence-corrected chi connectivity index (χ2v) is 9.98. The van der Waals surface area contributed by atoms with Crippen LogP contribution in [-0.2, 0) is 11.8 Å². The van der Waals surface area contributed by atoms with Crippen LogP contribution in [0.15, 0.2) is 79.0 Å². The lowest BCUT2D eigenvalue weighted by Crippen LogP contribution is -2.43. The Balaban J connectivity index is 1.10. The third kappa shape index (κ3) is 3.29. The van der Waals surface area contributed by atoms with Crippen molar-refractivity contribution in [3.63, 3.8) is 0 Å². The van der Waals surface area contributed by atoms with Gasteiger partial charge in [-0.3, -0.25) is 9.58 Å². The Kier molecular flexibility index (Phi) is 4.59. The zero-order valence-corrected chi connectivity index (χ0v) is 19.7. The molecule has 2 unspecified atom stereocenters. The van der Waals surface area contributed by atoms with Crippen LogP contribution in [0.25, 0.3) is 27.6 Å². The number of amides is 1. The van der Waals surface area contributed by atoms with Gasteiger partial charge < -0.3 is 4.74 Å². The number of fused-ring (bicyclic) bond motifs is 6. The van der Waals surface area contributed by atoms with Crippen molar-refractivity contribution < 1.29 is 9.53 Å². The van der Waals surface area contributed by atoms with Gasteiger partial charge in [0.15, 0.2) is 0 Å². The molecule has 35 heavy (non-hydrogen) atoms. The summed E-state index contributed by atoms with van der Waals surface area (Å²) in [5, 5.41) is 5.71. The lowest BCUT2D eigenvalue weighted by molar-refractivity contribution is 0.0866. The van der Waals surface area contributed by atoms with Gasteiger partial charge in [0.25, 0.3) is 0 Å². The molecule has 2 aliphatic heterocycles. The first-order chi connectivity index (χ1) is 17.2. The number of carbonyl (C=O) groups is 1. The zero-order chi connectivity index (χ0) is 23.5. The smallest absolute Gasteiger partial charge is 0.410 e. The van der Waals surface area contributed by atoms with Gasteiger partial charge in [0.2, 0.25) is 0 Å². The molecule has 174 valence electrons. The summed E-state index contributed by atoms with van der Waals surface area (Å²) in [7, 11) is 1.95. The number of carbonyl (C=O) groups excluding carboxylic acids is 1. The lowest BCUT2D eigenvalue weighted by atomic mass is 9.94. The van der Waals surface area contributed by atoms with Gasteiger partial charge in [-0.05, 0) is 58.7 Å². The molecular formula is C30H27N3O2. The summed E-state index contributed by atoms with van der Waals surface area (Å²) in [5.74, 6) is 0.0880. The first kappa shape index (κ1) is 20.5. The first-order valence-electron chi connectivity index (χ1n) is 12.4. The highest BCUT2D eigenvalue weighted by atomic mass is 16.6. The number of ether oxygens (including phenoxy) is 1. The highest BCUT2D eigenvalue weighted by molar-refractivity contribution is 5.84. The highest BCUT2D eigenvalue weighted by Crippen LogP contribution is 2.45. The Bertz CT molecular complexity index is 1460. The summed E-state index contributed by atoms with van der Waals surface area (Å²) in [6.07, 6.45) is 6.99. The summed E-state index contributed by atoms with van der Waals surface area (Å²) < 4.78 is 7.86. The van der Waals surface area contributed by atoms with Crippen molar-refractivity contribution in [3.8, 4) is 11.1 Å². The maximum atomic E-state index is 13.3. The summed E-state index contributed by atoms with van der Waals surface area (Å²) in [4.78, 5) is 15.3. The van der Waals surface area contributed by atoms with Crippen molar-refractivity contribution in [3.05, 3.63) is 95.7 Å². The molecule has 3 aliphatic rings. The summed E-state index contributed by atoms with van der Waals surface area (Å²) >= 11 is 0. The Morgan fingerprint density at radius 2 is 1.74 bits per heavy atom. The minimum Gasteiger partial charge on any atom is -0.448 e. The molecule has 3 heterocycles. The molecule has 1 aliphatic carbocycles. The normalized spacial score (nSPS) is 20.6. The van der Waals surface area contributed by atoms with E-state index in [0.29, 0.717) is 6.61 Å². The number of rotatable bonds is 3. The van der Waals surface area contributed by atoms with E-state index in [1.165, 1.54) is 33.4 Å². The molecule has 1 amide bonds. The maximum absolute atomic E-state index is 13.3. The summed E-state index contributed by atoms with van der Waals surface area (Å²) in [6, 6.07) is 23.7. The van der Waals surface area contributed by atoms with Crippen molar-refractivity contribution in [1.29, 1.82) is 0 Å². The van der Waals surface area contributed by atoms with Gasteiger partial charge in [-0.25, -0.2) is 4.79 Å². The molecule has 5 heteroatoms. The molecule has 0 radical (unpaired) electrons. The van der Waals surface area contributed by atoms with Gasteiger partial charge in [0, 0.05) is 30.6 Å². The molecule has 0 N–H and O–H groups in total. The van der Waals surface area contributed by atoms with Gasteiger partial charge in [-0.15, -0.1) is 0 Å². The van der Waals surface area contributed by atoms with Crippen molar-refractivity contribution in [2.75, 3.05) is 6.61 Å². The van der Waals surface area contributed by atoms with Crippen LogP contribution in [0.4, 0.5) is 4.79 Å². The van der Waals surface area contributed by atoms with E-state index < -0.39 is 0 Å². The van der Waals surface area contributed by atoms with E-state index in [1.807, 2.05) is 22.8 Å². The van der Waals surface area contributed by atoms with Gasteiger partial charge in [-0.1, -0.05) is 66.7 Å². The Morgan fingerprint density at radius 1 is 1.00 bits per heavy atom. The number of nitrogens with zero attached hydrogens (tertiary/aromatic N) is 3. The average Bonchev–Trinajstić information content (AvgIpc) is 3.50. The molecular weight excluding hydrogens is 434 g/mol. The van der Waals surface area contributed by atoms with Crippen LogP contribution in [0.5, 0.6) is 0 Å². The standard InChI is InChI=1S/C30H27N3O2/c1-32-17-20-11-10-19(16-29(20)31-32)21-14-22-12-13-23(15-21)33(22)30(34)35-18-28-26-8-4-2-6-24(26)25-7-3-5-9-27(25)28/h2-11,14,16-17,22-23,28H,12-13,15,18H2,1H3. The van der Waals surface area contributed by atoms with E-state index in [0.717, 1.165) is 30.2 Å². The molecule has 1 saturated heterocycles. The Hall–Kier alpha value is -3.86. The monoisotopic (exact) mass is 461 g/mol. The van der Waals surface area contributed by atoms with Crippen molar-refractivity contribution in [2.24, 2.45) is 7.05 Å². The minimum atomic E-state index is -0.185. The molecule has 7 rings (SSSR count). The Labute approximate surface area is 204 Å². The largest absolute Gasteiger partial charge is 0.448 e.